The molecule has 9 rings (SSSR count). The van der Waals surface area contributed by atoms with Crippen LogP contribution in [0, 0.1) is 0 Å². The maximum atomic E-state index is 2.51. The van der Waals surface area contributed by atoms with E-state index in [4.69, 9.17) is 0 Å². The smallest absolute Gasteiger partial charge is 0.0735 e. The molecule has 188 valence electrons. The van der Waals surface area contributed by atoms with Crippen molar-refractivity contribution in [1.29, 1.82) is 0 Å². The minimum absolute atomic E-state index is 0.310. The summed E-state index contributed by atoms with van der Waals surface area (Å²) in [4.78, 5) is 2.70. The predicted molar refractivity (Wildman–Crippen MR) is 170 cm³/mol. The van der Waals surface area contributed by atoms with E-state index in [0.717, 1.165) is 6.42 Å². The largest absolute Gasteiger partial charge is 0.135 e. The van der Waals surface area contributed by atoms with Gasteiger partial charge in [0, 0.05) is 30.0 Å². The first-order chi connectivity index (χ1) is 19.8. The van der Waals surface area contributed by atoms with Gasteiger partial charge in [0.25, 0.3) is 0 Å². The highest BCUT2D eigenvalue weighted by atomic mass is 32.2. The summed E-state index contributed by atoms with van der Waals surface area (Å²) in [5.74, 6) is 0. The minimum atomic E-state index is -0.310. The van der Waals surface area contributed by atoms with Gasteiger partial charge >= 0.3 is 0 Å². The summed E-state index contributed by atoms with van der Waals surface area (Å²) >= 11 is 3.80. The highest BCUT2D eigenvalue weighted by Gasteiger charge is 2.50. The lowest BCUT2D eigenvalue weighted by Crippen LogP contribution is -2.32. The molecule has 1 aromatic heterocycles. The van der Waals surface area contributed by atoms with E-state index in [2.05, 4.69) is 133 Å². The van der Waals surface area contributed by atoms with Crippen LogP contribution in [0.1, 0.15) is 33.4 Å². The van der Waals surface area contributed by atoms with Gasteiger partial charge < -0.3 is 0 Å². The van der Waals surface area contributed by atoms with Crippen molar-refractivity contribution in [1.82, 2.24) is 0 Å². The van der Waals surface area contributed by atoms with E-state index in [1.165, 1.54) is 74.5 Å². The minimum Gasteiger partial charge on any atom is -0.135 e. The Balaban J connectivity index is 1.25. The van der Waals surface area contributed by atoms with Crippen LogP contribution in [-0.4, -0.2) is 0 Å². The van der Waals surface area contributed by atoms with Gasteiger partial charge in [-0.1, -0.05) is 121 Å². The van der Waals surface area contributed by atoms with Crippen LogP contribution in [0.4, 0.5) is 0 Å². The molecule has 7 aromatic rings. The Hall–Kier alpha value is -4.11. The van der Waals surface area contributed by atoms with Crippen molar-refractivity contribution in [3.63, 3.8) is 0 Å². The molecule has 0 radical (unpaired) electrons. The zero-order chi connectivity index (χ0) is 26.3. The Morgan fingerprint density at radius 3 is 1.88 bits per heavy atom. The van der Waals surface area contributed by atoms with Gasteiger partial charge in [0.05, 0.1) is 5.41 Å². The average Bonchev–Trinajstić information content (AvgIpc) is 3.51. The predicted octanol–water partition coefficient (Wildman–Crippen LogP) is 10.5. The van der Waals surface area contributed by atoms with Crippen molar-refractivity contribution in [3.05, 3.63) is 167 Å². The Labute approximate surface area is 242 Å². The molecule has 2 aliphatic rings. The second kappa shape index (κ2) is 8.44. The summed E-state index contributed by atoms with van der Waals surface area (Å²) in [6.07, 6.45) is 0.919. The van der Waals surface area contributed by atoms with Gasteiger partial charge in [0.2, 0.25) is 0 Å². The quantitative estimate of drug-likeness (QED) is 0.209. The van der Waals surface area contributed by atoms with E-state index in [-0.39, 0.29) is 5.41 Å². The van der Waals surface area contributed by atoms with Crippen molar-refractivity contribution < 1.29 is 0 Å². The summed E-state index contributed by atoms with van der Waals surface area (Å²) in [6, 6.07) is 50.1. The van der Waals surface area contributed by atoms with Crippen LogP contribution < -0.4 is 0 Å². The Kier molecular flexibility index (Phi) is 4.79. The molecule has 6 aromatic carbocycles. The lowest BCUT2D eigenvalue weighted by atomic mass is 9.67. The Bertz CT molecular complexity index is 2080. The fraction of sp³-hybridized carbons (Fsp3) is 0.0526. The zero-order valence-electron chi connectivity index (χ0n) is 21.7. The highest BCUT2D eigenvalue weighted by molar-refractivity contribution is 7.99. The van der Waals surface area contributed by atoms with E-state index in [0.29, 0.717) is 0 Å². The number of rotatable bonds is 2. The van der Waals surface area contributed by atoms with E-state index in [9.17, 15) is 0 Å². The molecule has 0 fully saturated rings. The molecule has 0 saturated heterocycles. The molecular weight excluding hydrogens is 521 g/mol. The number of hydrogen-bond acceptors (Lipinski definition) is 2. The topological polar surface area (TPSA) is 0 Å². The molecule has 1 aliphatic carbocycles. The van der Waals surface area contributed by atoms with Crippen molar-refractivity contribution in [3.8, 4) is 11.1 Å². The van der Waals surface area contributed by atoms with Gasteiger partial charge in [-0.2, -0.15) is 0 Å². The molecule has 1 spiro atoms. The molecular formula is C38H24S2. The summed E-state index contributed by atoms with van der Waals surface area (Å²) in [5.41, 5.74) is 10.7. The van der Waals surface area contributed by atoms with Gasteiger partial charge in [-0.15, -0.1) is 11.3 Å². The molecule has 40 heavy (non-hydrogen) atoms. The molecule has 0 amide bonds. The Morgan fingerprint density at radius 1 is 0.450 bits per heavy atom. The molecule has 0 bridgehead atoms. The third kappa shape index (κ3) is 3.04. The van der Waals surface area contributed by atoms with Gasteiger partial charge in [-0.25, -0.2) is 0 Å². The monoisotopic (exact) mass is 544 g/mol. The molecule has 0 nitrogen and oxygen atoms in total. The lowest BCUT2D eigenvalue weighted by molar-refractivity contribution is 0.721. The van der Waals surface area contributed by atoms with E-state index in [1.54, 1.807) is 0 Å². The molecule has 0 saturated carbocycles. The first kappa shape index (κ1) is 22.7. The molecule has 2 heteroatoms. The SMILES string of the molecule is c1ccc2c(c1)Sc1ccccc1C21c2ccccc2-c2ccc(Cc3ccc4c(c3)sc3ccccc34)cc21. The summed E-state index contributed by atoms with van der Waals surface area (Å²) in [7, 11) is 0. The average molecular weight is 545 g/mol. The van der Waals surface area contributed by atoms with Crippen LogP contribution in [0.25, 0.3) is 31.3 Å². The standard InChI is InChI=1S/C38H24S2/c1-3-11-30-26(9-1)27-19-17-24(21-25-18-20-29-28-10-2-6-14-34(28)39-37(29)23-25)22-33(27)38(30)31-12-4-7-15-35(31)40-36-16-8-5-13-32(36)38/h1-20,22-23H,21H2. The van der Waals surface area contributed by atoms with Gasteiger partial charge in [0.15, 0.2) is 0 Å². The molecule has 0 unspecified atom stereocenters. The summed E-state index contributed by atoms with van der Waals surface area (Å²) < 4.78 is 2.73. The molecule has 0 atom stereocenters. The van der Waals surface area contributed by atoms with Gasteiger partial charge in [0.1, 0.15) is 0 Å². The zero-order valence-corrected chi connectivity index (χ0v) is 23.4. The first-order valence-corrected chi connectivity index (χ1v) is 15.4. The molecule has 1 aliphatic heterocycles. The first-order valence-electron chi connectivity index (χ1n) is 13.8. The fourth-order valence-electron chi connectivity index (χ4n) is 7.13. The number of thiophene rings is 1. The summed E-state index contributed by atoms with van der Waals surface area (Å²) in [5, 5.41) is 2.72. The number of hydrogen-bond donors (Lipinski definition) is 0. The van der Waals surface area contributed by atoms with Crippen molar-refractivity contribution in [2.75, 3.05) is 0 Å². The lowest BCUT2D eigenvalue weighted by Gasteiger charge is -2.39. The number of benzene rings is 6. The van der Waals surface area contributed by atoms with E-state index >= 15 is 0 Å². The van der Waals surface area contributed by atoms with E-state index < -0.39 is 0 Å². The van der Waals surface area contributed by atoms with Crippen LogP contribution >= 0.6 is 23.1 Å². The molecule has 2 heterocycles. The third-order valence-corrected chi connectivity index (χ3v) is 11.0. The van der Waals surface area contributed by atoms with Crippen molar-refractivity contribution in [2.45, 2.75) is 21.6 Å². The normalized spacial score (nSPS) is 14.2. The van der Waals surface area contributed by atoms with Crippen LogP contribution in [0.15, 0.2) is 143 Å². The fourth-order valence-corrected chi connectivity index (χ4v) is 9.49. The van der Waals surface area contributed by atoms with Gasteiger partial charge in [-0.3, -0.25) is 0 Å². The van der Waals surface area contributed by atoms with Gasteiger partial charge in [-0.05, 0) is 75.2 Å². The number of fused-ring (bicyclic) bond motifs is 12. The maximum Gasteiger partial charge on any atom is 0.0735 e. The second-order valence-corrected chi connectivity index (χ2v) is 13.0. The van der Waals surface area contributed by atoms with Crippen LogP contribution in [0.2, 0.25) is 0 Å². The van der Waals surface area contributed by atoms with Crippen LogP contribution in [0.3, 0.4) is 0 Å². The highest BCUT2D eigenvalue weighted by Crippen LogP contribution is 2.62. The second-order valence-electron chi connectivity index (χ2n) is 10.9. The van der Waals surface area contributed by atoms with Crippen LogP contribution in [0.5, 0.6) is 0 Å². The van der Waals surface area contributed by atoms with E-state index in [1.807, 2.05) is 23.1 Å². The van der Waals surface area contributed by atoms with Crippen LogP contribution in [-0.2, 0) is 11.8 Å². The molecule has 0 N–H and O–H groups in total. The van der Waals surface area contributed by atoms with Crippen molar-refractivity contribution >= 4 is 43.3 Å². The Morgan fingerprint density at radius 2 is 1.05 bits per heavy atom. The maximum absolute atomic E-state index is 2.51. The third-order valence-electron chi connectivity index (χ3n) is 8.76. The summed E-state index contributed by atoms with van der Waals surface area (Å²) in [6.45, 7) is 0. The van der Waals surface area contributed by atoms with Crippen molar-refractivity contribution in [2.24, 2.45) is 0 Å².